The fourth-order valence-electron chi connectivity index (χ4n) is 1.88. The molecule has 0 saturated heterocycles. The van der Waals surface area contributed by atoms with Gasteiger partial charge in [-0.25, -0.2) is 0 Å². The maximum absolute atomic E-state index is 11.5. The van der Waals surface area contributed by atoms with Gasteiger partial charge in [0.25, 0.3) is 0 Å². The van der Waals surface area contributed by atoms with Gasteiger partial charge >= 0.3 is 5.97 Å². The van der Waals surface area contributed by atoms with E-state index in [-0.39, 0.29) is 12.3 Å². The van der Waals surface area contributed by atoms with E-state index >= 15 is 0 Å². The summed E-state index contributed by atoms with van der Waals surface area (Å²) in [6.07, 6.45) is 0.195. The molecule has 1 atom stereocenters. The molecule has 1 unspecified atom stereocenters. The van der Waals surface area contributed by atoms with Crippen LogP contribution in [-0.4, -0.2) is 21.2 Å². The zero-order valence-electron chi connectivity index (χ0n) is 12.1. The SMILES string of the molecule is CC(C)C(C)(Cc1nc(-c2ccc(Cl)cc2)no1)C(=O)O. The lowest BCUT2D eigenvalue weighted by atomic mass is 9.76. The molecule has 0 saturated carbocycles. The lowest BCUT2D eigenvalue weighted by Gasteiger charge is -2.27. The molecule has 2 rings (SSSR count). The Morgan fingerprint density at radius 3 is 2.52 bits per heavy atom. The van der Waals surface area contributed by atoms with Gasteiger partial charge in [0, 0.05) is 17.0 Å². The Hall–Kier alpha value is -1.88. The van der Waals surface area contributed by atoms with E-state index in [1.807, 2.05) is 13.8 Å². The first-order valence-corrected chi connectivity index (χ1v) is 7.02. The first-order chi connectivity index (χ1) is 9.83. The summed E-state index contributed by atoms with van der Waals surface area (Å²) in [6, 6.07) is 7.05. The third-order valence-electron chi connectivity index (χ3n) is 3.85. The van der Waals surface area contributed by atoms with Crippen LogP contribution >= 0.6 is 11.6 Å². The van der Waals surface area contributed by atoms with Crippen molar-refractivity contribution in [3.8, 4) is 11.4 Å². The largest absolute Gasteiger partial charge is 0.481 e. The molecule has 21 heavy (non-hydrogen) atoms. The van der Waals surface area contributed by atoms with Crippen molar-refractivity contribution >= 4 is 17.6 Å². The second kappa shape index (κ2) is 5.85. The van der Waals surface area contributed by atoms with Crippen molar-refractivity contribution in [1.82, 2.24) is 10.1 Å². The Bertz CT molecular complexity index is 637. The lowest BCUT2D eigenvalue weighted by Crippen LogP contribution is -2.35. The van der Waals surface area contributed by atoms with Gasteiger partial charge in [0.2, 0.25) is 11.7 Å². The molecule has 0 amide bonds. The van der Waals surface area contributed by atoms with Crippen LogP contribution in [0.2, 0.25) is 5.02 Å². The highest BCUT2D eigenvalue weighted by atomic mass is 35.5. The van der Waals surface area contributed by atoms with Crippen LogP contribution in [0, 0.1) is 11.3 Å². The second-order valence-electron chi connectivity index (χ2n) is 5.57. The fourth-order valence-corrected chi connectivity index (χ4v) is 2.01. The smallest absolute Gasteiger partial charge is 0.310 e. The number of aromatic nitrogens is 2. The monoisotopic (exact) mass is 308 g/mol. The number of carboxylic acid groups (broad SMARTS) is 1. The van der Waals surface area contributed by atoms with Gasteiger partial charge < -0.3 is 9.63 Å². The Balaban J connectivity index is 2.24. The van der Waals surface area contributed by atoms with Crippen molar-refractivity contribution in [2.24, 2.45) is 11.3 Å². The second-order valence-corrected chi connectivity index (χ2v) is 6.01. The quantitative estimate of drug-likeness (QED) is 0.911. The fraction of sp³-hybridized carbons (Fsp3) is 0.400. The van der Waals surface area contributed by atoms with Crippen molar-refractivity contribution in [3.05, 3.63) is 35.2 Å². The van der Waals surface area contributed by atoms with Crippen LogP contribution in [0.15, 0.2) is 28.8 Å². The van der Waals surface area contributed by atoms with Crippen molar-refractivity contribution in [2.75, 3.05) is 0 Å². The van der Waals surface area contributed by atoms with Crippen molar-refractivity contribution in [2.45, 2.75) is 27.2 Å². The van der Waals surface area contributed by atoms with Gasteiger partial charge in [0.15, 0.2) is 0 Å². The molecule has 1 N–H and O–H groups in total. The number of carbonyl (C=O) groups is 1. The minimum absolute atomic E-state index is 0.0547. The number of rotatable bonds is 5. The summed E-state index contributed by atoms with van der Waals surface area (Å²) in [6.45, 7) is 5.42. The Kier molecular flexibility index (Phi) is 4.32. The first-order valence-electron chi connectivity index (χ1n) is 6.65. The van der Waals surface area contributed by atoms with Gasteiger partial charge in [-0.3, -0.25) is 4.79 Å². The van der Waals surface area contributed by atoms with Crippen LogP contribution < -0.4 is 0 Å². The van der Waals surface area contributed by atoms with Gasteiger partial charge in [0.05, 0.1) is 5.41 Å². The molecular formula is C15H17ClN2O3. The van der Waals surface area contributed by atoms with E-state index in [0.29, 0.717) is 16.7 Å². The Labute approximate surface area is 127 Å². The van der Waals surface area contributed by atoms with Crippen LogP contribution in [-0.2, 0) is 11.2 Å². The molecule has 1 aromatic heterocycles. The van der Waals surface area contributed by atoms with Crippen molar-refractivity contribution in [3.63, 3.8) is 0 Å². The molecule has 112 valence electrons. The zero-order valence-corrected chi connectivity index (χ0v) is 12.9. The number of benzene rings is 1. The lowest BCUT2D eigenvalue weighted by molar-refractivity contribution is -0.150. The van der Waals surface area contributed by atoms with Gasteiger partial charge in [-0.1, -0.05) is 30.6 Å². The topological polar surface area (TPSA) is 76.2 Å². The summed E-state index contributed by atoms with van der Waals surface area (Å²) >= 11 is 5.83. The standard InChI is InChI=1S/C15H17ClN2O3/c1-9(2)15(3,14(19)20)8-12-17-13(18-21-12)10-4-6-11(16)7-5-10/h4-7,9H,8H2,1-3H3,(H,19,20). The Morgan fingerprint density at radius 1 is 1.38 bits per heavy atom. The van der Waals surface area contributed by atoms with Crippen molar-refractivity contribution < 1.29 is 14.4 Å². The molecule has 0 aliphatic rings. The summed E-state index contributed by atoms with van der Waals surface area (Å²) in [4.78, 5) is 15.8. The summed E-state index contributed by atoms with van der Waals surface area (Å²) < 4.78 is 5.19. The molecule has 0 bridgehead atoms. The maximum Gasteiger partial charge on any atom is 0.310 e. The molecule has 1 heterocycles. The number of nitrogens with zero attached hydrogens (tertiary/aromatic N) is 2. The summed E-state index contributed by atoms with van der Waals surface area (Å²) in [5.41, 5.74) is -0.167. The van der Waals surface area contributed by atoms with E-state index in [0.717, 1.165) is 5.56 Å². The normalized spacial score (nSPS) is 14.1. The predicted molar refractivity (Wildman–Crippen MR) is 79.0 cm³/mol. The Morgan fingerprint density at radius 2 is 2.00 bits per heavy atom. The molecule has 0 aliphatic heterocycles. The van der Waals surface area contributed by atoms with E-state index in [2.05, 4.69) is 10.1 Å². The number of aliphatic carboxylic acids is 1. The van der Waals surface area contributed by atoms with Crippen LogP contribution in [0.1, 0.15) is 26.7 Å². The summed E-state index contributed by atoms with van der Waals surface area (Å²) in [5.74, 6) is -0.179. The molecule has 1 aromatic carbocycles. The number of hydrogen-bond donors (Lipinski definition) is 1. The first kappa shape index (κ1) is 15.5. The predicted octanol–water partition coefficient (Wildman–Crippen LogP) is 3.68. The average molecular weight is 309 g/mol. The van der Waals surface area contributed by atoms with E-state index < -0.39 is 11.4 Å². The molecule has 5 nitrogen and oxygen atoms in total. The van der Waals surface area contributed by atoms with Crippen LogP contribution in [0.4, 0.5) is 0 Å². The van der Waals surface area contributed by atoms with Gasteiger partial charge in [-0.05, 0) is 37.1 Å². The zero-order chi connectivity index (χ0) is 15.6. The molecule has 0 spiro atoms. The average Bonchev–Trinajstić information content (AvgIpc) is 2.87. The molecular weight excluding hydrogens is 292 g/mol. The molecule has 0 aliphatic carbocycles. The van der Waals surface area contributed by atoms with Crippen LogP contribution in [0.25, 0.3) is 11.4 Å². The maximum atomic E-state index is 11.5. The molecule has 2 aromatic rings. The van der Waals surface area contributed by atoms with E-state index in [1.165, 1.54) is 0 Å². The van der Waals surface area contributed by atoms with E-state index in [1.54, 1.807) is 31.2 Å². The van der Waals surface area contributed by atoms with Crippen LogP contribution in [0.3, 0.4) is 0 Å². The number of carboxylic acids is 1. The summed E-state index contributed by atoms with van der Waals surface area (Å²) in [5, 5.41) is 13.9. The highest BCUT2D eigenvalue weighted by Crippen LogP contribution is 2.31. The third kappa shape index (κ3) is 3.24. The molecule has 0 radical (unpaired) electrons. The molecule has 0 fully saturated rings. The third-order valence-corrected chi connectivity index (χ3v) is 4.10. The number of hydrogen-bond acceptors (Lipinski definition) is 4. The molecule has 6 heteroatoms. The van der Waals surface area contributed by atoms with E-state index in [9.17, 15) is 9.90 Å². The van der Waals surface area contributed by atoms with Gasteiger partial charge in [-0.15, -0.1) is 0 Å². The highest BCUT2D eigenvalue weighted by Gasteiger charge is 2.38. The highest BCUT2D eigenvalue weighted by molar-refractivity contribution is 6.30. The summed E-state index contributed by atoms with van der Waals surface area (Å²) in [7, 11) is 0. The minimum Gasteiger partial charge on any atom is -0.481 e. The van der Waals surface area contributed by atoms with Gasteiger partial charge in [0.1, 0.15) is 0 Å². The van der Waals surface area contributed by atoms with Crippen molar-refractivity contribution in [1.29, 1.82) is 0 Å². The number of halogens is 1. The van der Waals surface area contributed by atoms with E-state index in [4.69, 9.17) is 16.1 Å². The van der Waals surface area contributed by atoms with Gasteiger partial charge in [-0.2, -0.15) is 4.98 Å². The minimum atomic E-state index is -0.941. The van der Waals surface area contributed by atoms with Crippen LogP contribution in [0.5, 0.6) is 0 Å².